The molecule has 0 aliphatic heterocycles. The van der Waals surface area contributed by atoms with E-state index >= 15 is 0 Å². The Kier molecular flexibility index (Phi) is 51.2. The summed E-state index contributed by atoms with van der Waals surface area (Å²) in [7, 11) is 12.6. The number of hydrogen-bond donors (Lipinski definition) is 7. The first kappa shape index (κ1) is 52.9. The molecule has 15 nitrogen and oxygen atoms in total. The molecule has 0 aliphatic carbocycles. The number of rotatable bonds is 30. The summed E-state index contributed by atoms with van der Waals surface area (Å²) in [6.07, 6.45) is 1.73. The molecule has 0 spiro atoms. The fraction of sp³-hybridized carbons (Fsp3) is 0.862. The summed E-state index contributed by atoms with van der Waals surface area (Å²) in [5.41, 5.74) is 0. The average Bonchev–Trinajstić information content (AvgIpc) is 2.98. The van der Waals surface area contributed by atoms with Crippen LogP contribution >= 0.6 is 0 Å². The molecule has 0 amide bonds. The molecule has 17 heteroatoms. The number of aliphatic hydroxyl groups is 7. The molecular formula is C29H60O15Rf2-4. The molecule has 0 aromatic heterocycles. The van der Waals surface area contributed by atoms with Crippen LogP contribution in [0, 0.1) is 28.4 Å². The van der Waals surface area contributed by atoms with Crippen LogP contribution in [0.1, 0.15) is 38.5 Å². The molecule has 7 N–H and O–H groups in total. The molecule has 274 valence electrons. The quantitative estimate of drug-likeness (QED) is 0.0353. The Balaban J connectivity index is -0.000000211. The third-order valence-electron chi connectivity index (χ3n) is 5.11. The first-order valence-electron chi connectivity index (χ1n) is 14.6. The van der Waals surface area contributed by atoms with Gasteiger partial charge in [0.15, 0.2) is 0 Å². The van der Waals surface area contributed by atoms with Crippen LogP contribution < -0.4 is 0 Å². The van der Waals surface area contributed by atoms with Gasteiger partial charge < -0.3 is 73.6 Å². The van der Waals surface area contributed by atoms with Crippen LogP contribution in [0.3, 0.4) is 0 Å². The molecule has 4 atom stereocenters. The Morgan fingerprint density at radius 1 is 0.370 bits per heavy atom. The van der Waals surface area contributed by atoms with Gasteiger partial charge in [-0.25, -0.2) is 28.4 Å². The van der Waals surface area contributed by atoms with Crippen molar-refractivity contribution < 1.29 is 73.6 Å². The van der Waals surface area contributed by atoms with E-state index in [0.29, 0.717) is 26.1 Å². The van der Waals surface area contributed by atoms with Crippen molar-refractivity contribution in [1.82, 2.24) is 0 Å². The van der Waals surface area contributed by atoms with Gasteiger partial charge in [0.05, 0.1) is 77.3 Å². The predicted molar refractivity (Wildman–Crippen MR) is 160 cm³/mol. The predicted octanol–water partition coefficient (Wildman–Crippen LogP) is -0.612. The zero-order valence-corrected chi connectivity index (χ0v) is 40.5. The van der Waals surface area contributed by atoms with E-state index in [4.69, 9.17) is 39.4 Å². The van der Waals surface area contributed by atoms with Crippen molar-refractivity contribution in [3.05, 3.63) is 28.4 Å². The summed E-state index contributed by atoms with van der Waals surface area (Å²) in [4.78, 5) is 0. The molecule has 0 saturated carbocycles. The second-order valence-electron chi connectivity index (χ2n) is 9.49. The SMILES string of the molecule is [CH2-]OCC(O)CCCCOCC(O)COCCCCC(O)CO[CH2-].[CH2-]OCC(O)COCCO.[CH2-]OCC(O)COCCO.[Rf].[Rf]. The normalized spacial score (nSPS) is 13.9. The molecule has 0 aromatic rings. The second-order valence-corrected chi connectivity index (χ2v) is 9.49. The summed E-state index contributed by atoms with van der Waals surface area (Å²) in [6, 6.07) is 0. The first-order chi connectivity index (χ1) is 21.2. The molecule has 0 bridgehead atoms. The summed E-state index contributed by atoms with van der Waals surface area (Å²) >= 11 is 0. The van der Waals surface area contributed by atoms with Crippen LogP contribution in [0.25, 0.3) is 0 Å². The van der Waals surface area contributed by atoms with Gasteiger partial charge in [0.1, 0.15) is 6.10 Å². The number of unbranched alkanes of at least 4 members (excludes halogenated alkanes) is 2. The van der Waals surface area contributed by atoms with Gasteiger partial charge in [-0.3, -0.25) is 0 Å². The first-order valence-corrected chi connectivity index (χ1v) is 14.6. The molecule has 0 saturated heterocycles. The Morgan fingerprint density at radius 2 is 0.630 bits per heavy atom. The van der Waals surface area contributed by atoms with Gasteiger partial charge in [0, 0.05) is 39.6 Å². The van der Waals surface area contributed by atoms with Crippen LogP contribution in [0.4, 0.5) is 0 Å². The van der Waals surface area contributed by atoms with E-state index in [2.05, 4.69) is 47.4 Å². The molecule has 0 aromatic carbocycles. The van der Waals surface area contributed by atoms with Crippen molar-refractivity contribution in [2.45, 2.75) is 69.0 Å². The maximum atomic E-state index is 9.70. The Hall–Kier alpha value is -2.60. The topological polar surface area (TPSA) is 215 Å². The zero-order valence-electron chi connectivity index (χ0n) is 27.7. The van der Waals surface area contributed by atoms with Gasteiger partial charge in [-0.15, -0.1) is 0 Å². The van der Waals surface area contributed by atoms with Gasteiger partial charge in [0.2, 0.25) is 0 Å². The van der Waals surface area contributed by atoms with Crippen molar-refractivity contribution in [3.8, 4) is 0 Å². The van der Waals surface area contributed by atoms with E-state index in [1.54, 1.807) is 0 Å². The average molecular weight is 1180 g/mol. The molecule has 0 fully saturated rings. The molecule has 0 rings (SSSR count). The molecule has 46 heavy (non-hydrogen) atoms. The monoisotopic (exact) mass is 1180 g/mol. The van der Waals surface area contributed by atoms with Crippen LogP contribution in [0.15, 0.2) is 0 Å². The van der Waals surface area contributed by atoms with E-state index in [-0.39, 0.29) is 79.3 Å². The number of aliphatic hydroxyl groups excluding tert-OH is 7. The van der Waals surface area contributed by atoms with Crippen molar-refractivity contribution in [2.24, 2.45) is 0 Å². The van der Waals surface area contributed by atoms with Gasteiger partial charge in [-0.05, 0) is 38.5 Å². The maximum absolute atomic E-state index is 9.70. The molecular weight excluding hydrogens is 1120 g/mol. The third kappa shape index (κ3) is 48.3. The van der Waals surface area contributed by atoms with Crippen LogP contribution in [0.5, 0.6) is 0 Å². The minimum Gasteiger partial charge on any atom is -0.553 e. The van der Waals surface area contributed by atoms with Crippen LogP contribution in [-0.4, -0.2) is 159 Å². The third-order valence-corrected chi connectivity index (χ3v) is 5.11. The second kappa shape index (κ2) is 44.5. The zero-order chi connectivity index (χ0) is 33.7. The van der Waals surface area contributed by atoms with Crippen molar-refractivity contribution >= 4 is 0 Å². The van der Waals surface area contributed by atoms with Crippen molar-refractivity contribution in [3.63, 3.8) is 0 Å². The summed E-state index contributed by atoms with van der Waals surface area (Å²) < 4.78 is 38.3. The van der Waals surface area contributed by atoms with Crippen LogP contribution in [-0.2, 0) is 37.9 Å². The van der Waals surface area contributed by atoms with E-state index < -0.39 is 30.5 Å². The van der Waals surface area contributed by atoms with E-state index in [1.165, 1.54) is 0 Å². The molecule has 0 radical (unpaired) electrons. The Labute approximate surface area is 263 Å². The fourth-order valence-electron chi connectivity index (χ4n) is 3.03. The maximum Gasteiger partial charge on any atom is 0.101 e. The van der Waals surface area contributed by atoms with Gasteiger partial charge in [0.25, 0.3) is 0 Å². The smallest absolute Gasteiger partial charge is 0.101 e. The fourth-order valence-corrected chi connectivity index (χ4v) is 3.03. The van der Waals surface area contributed by atoms with E-state index in [1.807, 2.05) is 0 Å². The Bertz CT molecular complexity index is 477. The van der Waals surface area contributed by atoms with Crippen molar-refractivity contribution in [2.75, 3.05) is 92.5 Å². The minimum atomic E-state index is -0.649. The number of hydrogen-bond acceptors (Lipinski definition) is 15. The Morgan fingerprint density at radius 3 is 0.913 bits per heavy atom. The summed E-state index contributed by atoms with van der Waals surface area (Å²) in [6.45, 7) is 3.16. The molecule has 4 unspecified atom stereocenters. The summed E-state index contributed by atoms with van der Waals surface area (Å²) in [5.74, 6) is 0. The molecule has 0 heterocycles. The van der Waals surface area contributed by atoms with E-state index in [0.717, 1.165) is 25.7 Å². The number of ether oxygens (including phenoxy) is 8. The largest absolute Gasteiger partial charge is 0.553 e. The van der Waals surface area contributed by atoms with Crippen LogP contribution in [0.2, 0.25) is 0 Å². The minimum absolute atomic E-state index is 0. The van der Waals surface area contributed by atoms with Crippen molar-refractivity contribution in [1.29, 1.82) is 0 Å². The van der Waals surface area contributed by atoms with Gasteiger partial charge in [-0.1, -0.05) is 0 Å². The molecule has 0 aliphatic rings. The summed E-state index contributed by atoms with van der Waals surface area (Å²) in [5, 5.41) is 62.9. The van der Waals surface area contributed by atoms with Gasteiger partial charge >= 0.3 is 0 Å². The van der Waals surface area contributed by atoms with Gasteiger partial charge in [-0.2, -0.15) is 0 Å². The van der Waals surface area contributed by atoms with E-state index in [9.17, 15) is 15.3 Å². The standard InChI is InChI=1S/C17H34O7.2C6H13O4.2Rf/c1-21-11-15(18)7-3-5-9-23-13-17(20)14-24-10-6-4-8-16(19)12-22-2;2*1-9-4-6(8)5-10-3-2-7;;/h15-20H,1-14H2;2*6-8H,1-5H2;;/q-2;2*-1;;.